The highest BCUT2D eigenvalue weighted by Gasteiger charge is 2.20. The minimum atomic E-state index is -2.17. The monoisotopic (exact) mass is 270 g/mol. The van der Waals surface area contributed by atoms with Crippen LogP contribution in [0.25, 0.3) is 0 Å². The second-order valence-electron chi connectivity index (χ2n) is 3.73. The van der Waals surface area contributed by atoms with Crippen LogP contribution < -0.4 is 5.30 Å². The van der Waals surface area contributed by atoms with Crippen molar-refractivity contribution < 1.29 is 18.8 Å². The van der Waals surface area contributed by atoms with Crippen molar-refractivity contribution in [1.82, 2.24) is 0 Å². The fourth-order valence-corrected chi connectivity index (χ4v) is 3.10. The number of benzene rings is 1. The molecule has 0 aliphatic rings. The SMILES string of the molecule is CCOC(=O)c1ccccc1[PH](=O)C(C)OCC. The van der Waals surface area contributed by atoms with Crippen LogP contribution in [0, 0.1) is 0 Å². The van der Waals surface area contributed by atoms with Crippen LogP contribution in [0.3, 0.4) is 0 Å². The molecule has 0 radical (unpaired) electrons. The molecule has 4 nitrogen and oxygen atoms in total. The Labute approximate surface area is 108 Å². The van der Waals surface area contributed by atoms with Gasteiger partial charge in [-0.3, -0.25) is 0 Å². The van der Waals surface area contributed by atoms with Gasteiger partial charge in [-0.05, 0) is 26.8 Å². The Hall–Kier alpha value is -1.12. The summed E-state index contributed by atoms with van der Waals surface area (Å²) in [6, 6.07) is 6.83. The van der Waals surface area contributed by atoms with Crippen LogP contribution >= 0.6 is 7.80 Å². The average Bonchev–Trinajstić information content (AvgIpc) is 2.38. The lowest BCUT2D eigenvalue weighted by Crippen LogP contribution is -2.18. The summed E-state index contributed by atoms with van der Waals surface area (Å²) in [6.07, 6.45) is 0. The van der Waals surface area contributed by atoms with E-state index in [-0.39, 0.29) is 5.85 Å². The summed E-state index contributed by atoms with van der Waals surface area (Å²) in [4.78, 5) is 11.8. The normalized spacial score (nSPS) is 13.9. The third kappa shape index (κ3) is 3.69. The molecule has 0 fully saturated rings. The molecule has 5 heteroatoms. The van der Waals surface area contributed by atoms with E-state index in [1.54, 1.807) is 38.1 Å². The van der Waals surface area contributed by atoms with E-state index < -0.39 is 13.8 Å². The van der Waals surface area contributed by atoms with Gasteiger partial charge in [-0.2, -0.15) is 0 Å². The van der Waals surface area contributed by atoms with Crippen LogP contribution in [-0.2, 0) is 14.0 Å². The van der Waals surface area contributed by atoms with Gasteiger partial charge in [-0.25, -0.2) is 4.79 Å². The fourth-order valence-electron chi connectivity index (χ4n) is 1.63. The van der Waals surface area contributed by atoms with Gasteiger partial charge in [0.2, 0.25) is 0 Å². The number of rotatable bonds is 6. The molecule has 0 amide bonds. The van der Waals surface area contributed by atoms with E-state index in [1.165, 1.54) is 0 Å². The zero-order valence-electron chi connectivity index (χ0n) is 10.9. The Kier molecular flexibility index (Phi) is 6.10. The molecule has 0 aliphatic carbocycles. The standard InChI is InChI=1S/C13H19O4P/c1-4-16-10(3)18(15)12-9-7-6-8-11(12)13(14)17-5-2/h6-10,18H,4-5H2,1-3H3. The summed E-state index contributed by atoms with van der Waals surface area (Å²) in [6.45, 7) is 6.15. The molecule has 1 rings (SSSR count). The first-order valence-corrected chi connectivity index (χ1v) is 7.52. The first-order valence-electron chi connectivity index (χ1n) is 6.03. The second-order valence-corrected chi connectivity index (χ2v) is 5.81. The molecule has 0 bridgehead atoms. The predicted molar refractivity (Wildman–Crippen MR) is 72.1 cm³/mol. The van der Waals surface area contributed by atoms with Gasteiger partial charge in [-0.15, -0.1) is 0 Å². The summed E-state index contributed by atoms with van der Waals surface area (Å²) >= 11 is 0. The first kappa shape index (κ1) is 14.9. The molecule has 0 saturated heterocycles. The minimum Gasteiger partial charge on any atom is -0.462 e. The molecule has 1 aromatic rings. The van der Waals surface area contributed by atoms with Crippen molar-refractivity contribution in [2.24, 2.45) is 0 Å². The van der Waals surface area contributed by atoms with Gasteiger partial charge in [-0.1, -0.05) is 18.2 Å². The van der Waals surface area contributed by atoms with E-state index in [0.29, 0.717) is 24.1 Å². The van der Waals surface area contributed by atoms with Crippen molar-refractivity contribution in [3.8, 4) is 0 Å². The van der Waals surface area contributed by atoms with Crippen molar-refractivity contribution in [2.45, 2.75) is 26.6 Å². The molecule has 2 unspecified atom stereocenters. The van der Waals surface area contributed by atoms with Crippen molar-refractivity contribution >= 4 is 19.1 Å². The highest BCUT2D eigenvalue weighted by molar-refractivity contribution is 7.54. The quantitative estimate of drug-likeness (QED) is 0.588. The van der Waals surface area contributed by atoms with Crippen LogP contribution in [0.2, 0.25) is 0 Å². The van der Waals surface area contributed by atoms with Gasteiger partial charge >= 0.3 is 5.97 Å². The zero-order valence-corrected chi connectivity index (χ0v) is 11.9. The van der Waals surface area contributed by atoms with Crippen LogP contribution in [0.4, 0.5) is 0 Å². The number of ether oxygens (including phenoxy) is 2. The highest BCUT2D eigenvalue weighted by Crippen LogP contribution is 2.29. The van der Waals surface area contributed by atoms with E-state index in [2.05, 4.69) is 0 Å². The van der Waals surface area contributed by atoms with Crippen molar-refractivity contribution in [3.63, 3.8) is 0 Å². The molecule has 0 spiro atoms. The van der Waals surface area contributed by atoms with Gasteiger partial charge < -0.3 is 14.0 Å². The number of hydrogen-bond acceptors (Lipinski definition) is 4. The highest BCUT2D eigenvalue weighted by atomic mass is 31.1. The van der Waals surface area contributed by atoms with E-state index in [0.717, 1.165) is 0 Å². The van der Waals surface area contributed by atoms with Gasteiger partial charge in [0.15, 0.2) is 0 Å². The lowest BCUT2D eigenvalue weighted by Gasteiger charge is -2.14. The molecule has 1 aromatic carbocycles. The third-order valence-corrected chi connectivity index (χ3v) is 4.35. The summed E-state index contributed by atoms with van der Waals surface area (Å²) in [5.41, 5.74) is 0.370. The maximum atomic E-state index is 12.3. The molecule has 0 aliphatic heterocycles. The molecule has 18 heavy (non-hydrogen) atoms. The third-order valence-electron chi connectivity index (χ3n) is 2.47. The Morgan fingerprint density at radius 1 is 1.28 bits per heavy atom. The molecule has 0 N–H and O–H groups in total. The lowest BCUT2D eigenvalue weighted by atomic mass is 10.2. The largest absolute Gasteiger partial charge is 0.462 e. The van der Waals surface area contributed by atoms with Crippen LogP contribution in [0.15, 0.2) is 24.3 Å². The Balaban J connectivity index is 3.01. The van der Waals surface area contributed by atoms with Crippen LogP contribution in [0.5, 0.6) is 0 Å². The molecule has 2 atom stereocenters. The first-order chi connectivity index (χ1) is 8.61. The number of carbonyl (C=O) groups is 1. The minimum absolute atomic E-state index is 0.301. The van der Waals surface area contributed by atoms with Crippen LogP contribution in [0.1, 0.15) is 31.1 Å². The molecule has 0 heterocycles. The molecule has 0 saturated carbocycles. The van der Waals surface area contributed by atoms with Crippen molar-refractivity contribution in [1.29, 1.82) is 0 Å². The average molecular weight is 270 g/mol. The van der Waals surface area contributed by atoms with Crippen molar-refractivity contribution in [3.05, 3.63) is 29.8 Å². The maximum absolute atomic E-state index is 12.3. The Morgan fingerprint density at radius 3 is 2.56 bits per heavy atom. The summed E-state index contributed by atoms with van der Waals surface area (Å²) in [5, 5.41) is 0.530. The van der Waals surface area contributed by atoms with E-state index in [9.17, 15) is 9.36 Å². The lowest BCUT2D eigenvalue weighted by molar-refractivity contribution is 0.0528. The topological polar surface area (TPSA) is 52.6 Å². The number of hydrogen-bond donors (Lipinski definition) is 0. The van der Waals surface area contributed by atoms with Crippen molar-refractivity contribution in [2.75, 3.05) is 13.2 Å². The molecule has 100 valence electrons. The van der Waals surface area contributed by atoms with Gasteiger partial charge in [0.05, 0.1) is 12.2 Å². The molecular weight excluding hydrogens is 251 g/mol. The van der Waals surface area contributed by atoms with E-state index in [1.807, 2.05) is 6.92 Å². The van der Waals surface area contributed by atoms with Crippen LogP contribution in [-0.4, -0.2) is 25.0 Å². The molecular formula is C13H19O4P. The Morgan fingerprint density at radius 2 is 1.94 bits per heavy atom. The summed E-state index contributed by atoms with van der Waals surface area (Å²) < 4.78 is 22.6. The number of esters is 1. The van der Waals surface area contributed by atoms with Gasteiger partial charge in [0.1, 0.15) is 13.6 Å². The smallest absolute Gasteiger partial charge is 0.338 e. The second kappa shape index (κ2) is 7.34. The fraction of sp³-hybridized carbons (Fsp3) is 0.462. The van der Waals surface area contributed by atoms with E-state index >= 15 is 0 Å². The van der Waals surface area contributed by atoms with Gasteiger partial charge in [0.25, 0.3) is 0 Å². The molecule has 0 aromatic heterocycles. The van der Waals surface area contributed by atoms with E-state index in [4.69, 9.17) is 9.47 Å². The summed E-state index contributed by atoms with van der Waals surface area (Å²) in [5.74, 6) is -0.814. The maximum Gasteiger partial charge on any atom is 0.338 e. The Bertz CT molecular complexity index is 431. The zero-order chi connectivity index (χ0) is 13.5. The predicted octanol–water partition coefficient (Wildman–Crippen LogP) is 2.43. The summed E-state index contributed by atoms with van der Waals surface area (Å²) in [7, 11) is -2.17. The van der Waals surface area contributed by atoms with Gasteiger partial charge in [0, 0.05) is 11.9 Å². The number of carbonyl (C=O) groups excluding carboxylic acids is 1.